The zero-order valence-electron chi connectivity index (χ0n) is 12.0. The van der Waals surface area contributed by atoms with Crippen molar-refractivity contribution in [2.24, 2.45) is 7.05 Å². The number of carbonyl (C=O) groups is 2. The third-order valence-electron chi connectivity index (χ3n) is 3.15. The molecule has 0 saturated heterocycles. The Hall–Kier alpha value is -2.15. The molecule has 0 aliphatic rings. The molecule has 2 N–H and O–H groups in total. The first-order valence-electron chi connectivity index (χ1n) is 6.71. The highest BCUT2D eigenvalue weighted by Crippen LogP contribution is 2.17. The summed E-state index contributed by atoms with van der Waals surface area (Å²) in [7, 11) is 1.80. The van der Waals surface area contributed by atoms with Crippen molar-refractivity contribution in [2.75, 3.05) is 0 Å². The normalized spacial score (nSPS) is 11.9. The topological polar surface area (TPSA) is 84.2 Å². The fraction of sp³-hybridized carbons (Fsp3) is 0.267. The summed E-state index contributed by atoms with van der Waals surface area (Å²) in [5, 5.41) is 15.9. The van der Waals surface area contributed by atoms with Gasteiger partial charge in [-0.2, -0.15) is 5.10 Å². The summed E-state index contributed by atoms with van der Waals surface area (Å²) in [4.78, 5) is 23.3. The van der Waals surface area contributed by atoms with Crippen molar-refractivity contribution < 1.29 is 14.7 Å². The third-order valence-corrected chi connectivity index (χ3v) is 3.68. The molecule has 0 radical (unpaired) electrons. The Kier molecular flexibility index (Phi) is 5.32. The van der Waals surface area contributed by atoms with Crippen LogP contribution in [0.4, 0.5) is 0 Å². The number of rotatable bonds is 6. The molecule has 6 nitrogen and oxygen atoms in total. The van der Waals surface area contributed by atoms with E-state index in [-0.39, 0.29) is 12.3 Å². The number of aliphatic carboxylic acids is 1. The van der Waals surface area contributed by atoms with Crippen molar-refractivity contribution in [1.29, 1.82) is 0 Å². The second-order valence-corrected chi connectivity index (χ2v) is 5.83. The van der Waals surface area contributed by atoms with Gasteiger partial charge in [0.25, 0.3) is 0 Å². The molecule has 1 aromatic carbocycles. The molecule has 1 amide bonds. The number of amides is 1. The van der Waals surface area contributed by atoms with Crippen molar-refractivity contribution in [3.05, 3.63) is 52.3 Å². The lowest BCUT2D eigenvalue weighted by molar-refractivity contribution is -0.142. The molecule has 0 bridgehead atoms. The molecule has 22 heavy (non-hydrogen) atoms. The molecular formula is C15H16BrN3O3. The minimum atomic E-state index is -1.09. The van der Waals surface area contributed by atoms with Gasteiger partial charge in [0, 0.05) is 24.1 Å². The summed E-state index contributed by atoms with van der Waals surface area (Å²) in [5.41, 5.74) is 1.47. The fourth-order valence-electron chi connectivity index (χ4n) is 2.03. The molecule has 0 saturated carbocycles. The molecule has 116 valence electrons. The van der Waals surface area contributed by atoms with Gasteiger partial charge in [0.05, 0.1) is 6.20 Å². The Balaban J connectivity index is 1.97. The predicted molar refractivity (Wildman–Crippen MR) is 84.2 cm³/mol. The number of carbonyl (C=O) groups excluding carboxylic acids is 1. The van der Waals surface area contributed by atoms with E-state index in [2.05, 4.69) is 26.3 Å². The van der Waals surface area contributed by atoms with E-state index in [1.807, 2.05) is 6.20 Å². The maximum atomic E-state index is 12.0. The second kappa shape index (κ2) is 7.22. The van der Waals surface area contributed by atoms with Crippen molar-refractivity contribution in [2.45, 2.75) is 18.9 Å². The molecule has 1 unspecified atom stereocenters. The van der Waals surface area contributed by atoms with E-state index in [0.29, 0.717) is 12.0 Å². The van der Waals surface area contributed by atoms with Crippen molar-refractivity contribution >= 4 is 27.8 Å². The minimum absolute atomic E-state index is 0.214. The Morgan fingerprint density at radius 1 is 1.36 bits per heavy atom. The molecule has 0 aliphatic carbocycles. The van der Waals surface area contributed by atoms with Crippen molar-refractivity contribution in [3.8, 4) is 0 Å². The number of halogens is 1. The highest BCUT2D eigenvalue weighted by Gasteiger charge is 2.21. The first-order chi connectivity index (χ1) is 10.5. The minimum Gasteiger partial charge on any atom is -0.479 e. The lowest BCUT2D eigenvalue weighted by atomic mass is 10.1. The van der Waals surface area contributed by atoms with E-state index in [0.717, 1.165) is 10.0 Å². The number of aryl methyl sites for hydroxylation is 2. The number of hydrogen-bond acceptors (Lipinski definition) is 3. The Labute approximate surface area is 136 Å². The van der Waals surface area contributed by atoms with E-state index >= 15 is 0 Å². The summed E-state index contributed by atoms with van der Waals surface area (Å²) in [5.74, 6) is -1.39. The van der Waals surface area contributed by atoms with Crippen LogP contribution in [0.5, 0.6) is 0 Å². The van der Waals surface area contributed by atoms with Crippen molar-refractivity contribution in [1.82, 2.24) is 15.1 Å². The highest BCUT2D eigenvalue weighted by molar-refractivity contribution is 9.10. The molecule has 1 heterocycles. The SMILES string of the molecule is Cn1cc(CCC(=O)NC(C(=O)O)c2ccc(Br)cc2)cn1. The number of nitrogens with zero attached hydrogens (tertiary/aromatic N) is 2. The molecule has 7 heteroatoms. The van der Waals surface area contributed by atoms with E-state index in [1.54, 1.807) is 42.2 Å². The monoisotopic (exact) mass is 365 g/mol. The molecule has 0 spiro atoms. The van der Waals surface area contributed by atoms with E-state index in [4.69, 9.17) is 0 Å². The average molecular weight is 366 g/mol. The fourth-order valence-corrected chi connectivity index (χ4v) is 2.30. The maximum Gasteiger partial charge on any atom is 0.330 e. The van der Waals surface area contributed by atoms with E-state index in [1.165, 1.54) is 0 Å². The summed E-state index contributed by atoms with van der Waals surface area (Å²) in [6.07, 6.45) is 4.26. The van der Waals surface area contributed by atoms with Gasteiger partial charge in [-0.25, -0.2) is 4.79 Å². The zero-order valence-corrected chi connectivity index (χ0v) is 13.6. The smallest absolute Gasteiger partial charge is 0.330 e. The van der Waals surface area contributed by atoms with Crippen LogP contribution in [0.25, 0.3) is 0 Å². The van der Waals surface area contributed by atoms with Crippen molar-refractivity contribution in [3.63, 3.8) is 0 Å². The predicted octanol–water partition coefficient (Wildman–Crippen LogP) is 2.06. The van der Waals surface area contributed by atoms with Gasteiger partial charge in [0.2, 0.25) is 5.91 Å². The molecule has 1 atom stereocenters. The summed E-state index contributed by atoms with van der Waals surface area (Å²) in [6, 6.07) is 5.78. The molecule has 0 aliphatic heterocycles. The number of carboxylic acid groups (broad SMARTS) is 1. The van der Waals surface area contributed by atoms with E-state index < -0.39 is 12.0 Å². The highest BCUT2D eigenvalue weighted by atomic mass is 79.9. The number of nitrogens with one attached hydrogen (secondary N) is 1. The average Bonchev–Trinajstić information content (AvgIpc) is 2.89. The lowest BCUT2D eigenvalue weighted by Gasteiger charge is -2.15. The van der Waals surface area contributed by atoms with Gasteiger partial charge in [0.1, 0.15) is 0 Å². The van der Waals surface area contributed by atoms with Gasteiger partial charge in [-0.3, -0.25) is 9.48 Å². The van der Waals surface area contributed by atoms with Gasteiger partial charge in [-0.1, -0.05) is 28.1 Å². The van der Waals surface area contributed by atoms with Gasteiger partial charge in [-0.15, -0.1) is 0 Å². The molecule has 2 aromatic rings. The van der Waals surface area contributed by atoms with Gasteiger partial charge in [0.15, 0.2) is 6.04 Å². The van der Waals surface area contributed by atoms with Crippen LogP contribution in [0, 0.1) is 0 Å². The maximum absolute atomic E-state index is 12.0. The Morgan fingerprint density at radius 2 is 2.05 bits per heavy atom. The number of hydrogen-bond donors (Lipinski definition) is 2. The summed E-state index contributed by atoms with van der Waals surface area (Å²) in [6.45, 7) is 0. The molecule has 2 rings (SSSR count). The number of carboxylic acids is 1. The summed E-state index contributed by atoms with van der Waals surface area (Å²) < 4.78 is 2.51. The first kappa shape index (κ1) is 16.2. The van der Waals surface area contributed by atoms with Crippen LogP contribution < -0.4 is 5.32 Å². The molecule has 1 aromatic heterocycles. The van der Waals surface area contributed by atoms with Crippen LogP contribution >= 0.6 is 15.9 Å². The van der Waals surface area contributed by atoms with Crippen LogP contribution in [-0.2, 0) is 23.1 Å². The Morgan fingerprint density at radius 3 is 2.59 bits per heavy atom. The second-order valence-electron chi connectivity index (χ2n) is 4.91. The third kappa shape index (κ3) is 4.42. The van der Waals surface area contributed by atoms with Gasteiger partial charge >= 0.3 is 5.97 Å². The van der Waals surface area contributed by atoms with Crippen LogP contribution in [0.3, 0.4) is 0 Å². The van der Waals surface area contributed by atoms with Gasteiger partial charge in [-0.05, 0) is 29.7 Å². The number of benzene rings is 1. The Bertz CT molecular complexity index is 667. The van der Waals surface area contributed by atoms with Gasteiger partial charge < -0.3 is 10.4 Å². The summed E-state index contributed by atoms with van der Waals surface area (Å²) >= 11 is 3.29. The lowest BCUT2D eigenvalue weighted by Crippen LogP contribution is -2.33. The van der Waals surface area contributed by atoms with Crippen LogP contribution in [-0.4, -0.2) is 26.8 Å². The standard InChI is InChI=1S/C15H16BrN3O3/c1-19-9-10(8-17-19)2-7-13(20)18-14(15(21)22)11-3-5-12(16)6-4-11/h3-6,8-9,14H,2,7H2,1H3,(H,18,20)(H,21,22). The van der Waals surface area contributed by atoms with Crippen LogP contribution in [0.2, 0.25) is 0 Å². The largest absolute Gasteiger partial charge is 0.479 e. The molecular weight excluding hydrogens is 350 g/mol. The molecule has 0 fully saturated rings. The first-order valence-corrected chi connectivity index (χ1v) is 7.50. The zero-order chi connectivity index (χ0) is 16.1. The van der Waals surface area contributed by atoms with E-state index in [9.17, 15) is 14.7 Å². The van der Waals surface area contributed by atoms with Crippen LogP contribution in [0.1, 0.15) is 23.6 Å². The van der Waals surface area contributed by atoms with Crippen LogP contribution in [0.15, 0.2) is 41.1 Å². The number of aromatic nitrogens is 2. The quantitative estimate of drug-likeness (QED) is 0.820.